The minimum atomic E-state index is -3.75. The summed E-state index contributed by atoms with van der Waals surface area (Å²) in [4.78, 5) is 14.6. The number of sulfonamides is 1. The lowest BCUT2D eigenvalue weighted by atomic mass is 10.2. The zero-order chi connectivity index (χ0) is 21.2. The van der Waals surface area contributed by atoms with E-state index in [4.69, 9.17) is 23.2 Å². The Morgan fingerprint density at radius 1 is 0.966 bits per heavy atom. The molecule has 3 rings (SSSR count). The van der Waals surface area contributed by atoms with Crippen LogP contribution in [0.2, 0.25) is 10.0 Å². The average molecular weight is 481 g/mol. The van der Waals surface area contributed by atoms with E-state index in [9.17, 15) is 22.0 Å². The van der Waals surface area contributed by atoms with Gasteiger partial charge in [0.25, 0.3) is 11.7 Å². The number of halogens is 4. The van der Waals surface area contributed by atoms with Crippen LogP contribution in [0.25, 0.3) is 0 Å². The largest absolute Gasteiger partial charge is 0.336 e. The first-order chi connectivity index (χ1) is 13.7. The molecule has 1 fully saturated rings. The SMILES string of the molecule is O=C(c1ccc(SC(F)F)cc1)N1CCN(S(=O)(=O)c2ccc(Cl)c(Cl)c2)CC1. The smallest absolute Gasteiger partial charge is 0.288 e. The van der Waals surface area contributed by atoms with Gasteiger partial charge in [0.2, 0.25) is 10.0 Å². The Bertz CT molecular complexity index is 997. The van der Waals surface area contributed by atoms with Gasteiger partial charge in [0.15, 0.2) is 0 Å². The molecule has 1 aliphatic rings. The zero-order valence-corrected chi connectivity index (χ0v) is 18.0. The van der Waals surface area contributed by atoms with E-state index in [1.54, 1.807) is 0 Å². The Hall–Kier alpha value is -1.39. The fourth-order valence-electron chi connectivity index (χ4n) is 2.88. The van der Waals surface area contributed by atoms with Crippen molar-refractivity contribution in [1.82, 2.24) is 9.21 Å². The third-order valence-electron chi connectivity index (χ3n) is 4.38. The van der Waals surface area contributed by atoms with Crippen molar-refractivity contribution < 1.29 is 22.0 Å². The fourth-order valence-corrected chi connectivity index (χ4v) is 5.19. The number of hydrogen-bond donors (Lipinski definition) is 0. The van der Waals surface area contributed by atoms with E-state index in [1.165, 1.54) is 51.7 Å². The minimum Gasteiger partial charge on any atom is -0.336 e. The third-order valence-corrected chi connectivity index (χ3v) is 7.74. The highest BCUT2D eigenvalue weighted by Gasteiger charge is 2.30. The van der Waals surface area contributed by atoms with Crippen molar-refractivity contribution in [2.24, 2.45) is 0 Å². The first-order valence-corrected chi connectivity index (χ1v) is 11.6. The Morgan fingerprint density at radius 2 is 1.59 bits per heavy atom. The molecule has 0 spiro atoms. The van der Waals surface area contributed by atoms with E-state index < -0.39 is 15.8 Å². The van der Waals surface area contributed by atoms with Crippen LogP contribution in [0.15, 0.2) is 52.3 Å². The molecule has 0 saturated carbocycles. The molecule has 2 aromatic carbocycles. The third kappa shape index (κ3) is 5.21. The van der Waals surface area contributed by atoms with Gasteiger partial charge in [-0.15, -0.1) is 0 Å². The molecule has 0 atom stereocenters. The van der Waals surface area contributed by atoms with Gasteiger partial charge in [-0.3, -0.25) is 4.79 Å². The first kappa shape index (κ1) is 22.3. The van der Waals surface area contributed by atoms with Crippen LogP contribution in [0.5, 0.6) is 0 Å². The molecule has 29 heavy (non-hydrogen) atoms. The van der Waals surface area contributed by atoms with Crippen LogP contribution in [0.1, 0.15) is 10.4 Å². The second kappa shape index (κ2) is 9.18. The zero-order valence-electron chi connectivity index (χ0n) is 14.9. The summed E-state index contributed by atoms with van der Waals surface area (Å²) >= 11 is 12.2. The van der Waals surface area contributed by atoms with Crippen molar-refractivity contribution in [3.63, 3.8) is 0 Å². The number of carbonyl (C=O) groups is 1. The highest BCUT2D eigenvalue weighted by Crippen LogP contribution is 2.28. The van der Waals surface area contributed by atoms with E-state index in [1.807, 2.05) is 0 Å². The Labute approximate surface area is 181 Å². The van der Waals surface area contributed by atoms with Gasteiger partial charge in [-0.1, -0.05) is 35.0 Å². The van der Waals surface area contributed by atoms with Gasteiger partial charge in [-0.05, 0) is 42.5 Å². The Kier molecular flexibility index (Phi) is 7.06. The van der Waals surface area contributed by atoms with Crippen molar-refractivity contribution in [3.8, 4) is 0 Å². The summed E-state index contributed by atoms with van der Waals surface area (Å²) in [5, 5.41) is 0.411. The molecule has 0 aliphatic carbocycles. The maximum Gasteiger partial charge on any atom is 0.288 e. The number of nitrogens with zero attached hydrogens (tertiary/aromatic N) is 2. The van der Waals surface area contributed by atoms with Crippen LogP contribution in [0.3, 0.4) is 0 Å². The lowest BCUT2D eigenvalue weighted by molar-refractivity contribution is 0.0698. The number of hydrogen-bond acceptors (Lipinski definition) is 4. The number of benzene rings is 2. The molecular formula is C18H16Cl2F2N2O3S2. The van der Waals surface area contributed by atoms with Crippen LogP contribution in [0.4, 0.5) is 8.78 Å². The minimum absolute atomic E-state index is 0.0406. The van der Waals surface area contributed by atoms with Crippen molar-refractivity contribution in [2.45, 2.75) is 15.5 Å². The molecule has 0 aromatic heterocycles. The second-order valence-corrected chi connectivity index (χ2v) is 9.99. The number of rotatable bonds is 5. The van der Waals surface area contributed by atoms with Gasteiger partial charge in [-0.25, -0.2) is 8.42 Å². The van der Waals surface area contributed by atoms with Gasteiger partial charge in [0.05, 0.1) is 14.9 Å². The van der Waals surface area contributed by atoms with Crippen molar-refractivity contribution in [1.29, 1.82) is 0 Å². The molecule has 156 valence electrons. The molecule has 1 aliphatic heterocycles. The summed E-state index contributed by atoms with van der Waals surface area (Å²) in [5.41, 5.74) is 0.365. The standard InChI is InChI=1S/C18H16Cl2F2N2O3S2/c19-15-6-5-14(11-16(15)20)29(26,27)24-9-7-23(8-10-24)17(25)12-1-3-13(4-2-12)28-18(21)22/h1-6,11,18H,7-10H2. The van der Waals surface area contributed by atoms with Gasteiger partial charge in [-0.2, -0.15) is 13.1 Å². The van der Waals surface area contributed by atoms with Gasteiger partial charge < -0.3 is 4.90 Å². The Morgan fingerprint density at radius 3 is 2.14 bits per heavy atom. The fraction of sp³-hybridized carbons (Fsp3) is 0.278. The quantitative estimate of drug-likeness (QED) is 0.592. The van der Waals surface area contributed by atoms with Crippen LogP contribution < -0.4 is 0 Å². The summed E-state index contributed by atoms with van der Waals surface area (Å²) in [6.45, 7) is 0.696. The lowest BCUT2D eigenvalue weighted by Crippen LogP contribution is -2.50. The van der Waals surface area contributed by atoms with Crippen molar-refractivity contribution in [3.05, 3.63) is 58.1 Å². The highest BCUT2D eigenvalue weighted by atomic mass is 35.5. The van der Waals surface area contributed by atoms with Crippen LogP contribution in [-0.2, 0) is 10.0 Å². The summed E-state index contributed by atoms with van der Waals surface area (Å²) in [6.07, 6.45) is 0. The van der Waals surface area contributed by atoms with E-state index in [0.717, 1.165) is 0 Å². The normalized spacial score (nSPS) is 15.7. The molecular weight excluding hydrogens is 465 g/mol. The number of amides is 1. The van der Waals surface area contributed by atoms with E-state index in [0.29, 0.717) is 22.2 Å². The van der Waals surface area contributed by atoms with E-state index >= 15 is 0 Å². The summed E-state index contributed by atoms with van der Waals surface area (Å²) in [5.74, 6) is -2.80. The van der Waals surface area contributed by atoms with E-state index in [2.05, 4.69) is 0 Å². The number of alkyl halides is 2. The molecule has 0 bridgehead atoms. The molecule has 5 nitrogen and oxygen atoms in total. The molecule has 2 aromatic rings. The molecule has 1 amide bonds. The molecule has 11 heteroatoms. The van der Waals surface area contributed by atoms with Crippen molar-refractivity contribution >= 4 is 50.9 Å². The Balaban J connectivity index is 1.65. The summed E-state index contributed by atoms with van der Waals surface area (Å²) in [6, 6.07) is 10.0. The monoisotopic (exact) mass is 480 g/mol. The first-order valence-electron chi connectivity index (χ1n) is 8.48. The molecule has 0 radical (unpaired) electrons. The van der Waals surface area contributed by atoms with Crippen molar-refractivity contribution in [2.75, 3.05) is 26.2 Å². The molecule has 1 saturated heterocycles. The van der Waals surface area contributed by atoms with Gasteiger partial charge in [0, 0.05) is 36.6 Å². The number of carbonyl (C=O) groups excluding carboxylic acids is 1. The molecule has 1 heterocycles. The summed E-state index contributed by atoms with van der Waals surface area (Å²) in [7, 11) is -3.75. The second-order valence-electron chi connectivity index (χ2n) is 6.18. The highest BCUT2D eigenvalue weighted by molar-refractivity contribution is 7.99. The van der Waals surface area contributed by atoms with Gasteiger partial charge >= 0.3 is 0 Å². The molecule has 0 N–H and O–H groups in total. The lowest BCUT2D eigenvalue weighted by Gasteiger charge is -2.34. The van der Waals surface area contributed by atoms with Crippen LogP contribution in [-0.4, -0.2) is 55.5 Å². The van der Waals surface area contributed by atoms with E-state index in [-0.39, 0.29) is 47.0 Å². The predicted octanol–water partition coefficient (Wildman–Crippen LogP) is 4.45. The maximum absolute atomic E-state index is 12.8. The van der Waals surface area contributed by atoms with Gasteiger partial charge in [0.1, 0.15) is 0 Å². The molecule has 0 unspecified atom stereocenters. The summed E-state index contributed by atoms with van der Waals surface area (Å²) < 4.78 is 51.6. The maximum atomic E-state index is 12.8. The predicted molar refractivity (Wildman–Crippen MR) is 109 cm³/mol. The number of piperazine rings is 1. The topological polar surface area (TPSA) is 57.7 Å². The average Bonchev–Trinajstić information content (AvgIpc) is 2.69. The van der Waals surface area contributed by atoms with Crippen LogP contribution in [0, 0.1) is 0 Å². The van der Waals surface area contributed by atoms with Crippen LogP contribution >= 0.6 is 35.0 Å². The number of thioether (sulfide) groups is 1.